The van der Waals surface area contributed by atoms with E-state index in [1.54, 1.807) is 42.3 Å². The molecule has 0 spiro atoms. The normalized spacial score (nSPS) is 10.3. The molecule has 23 heavy (non-hydrogen) atoms. The van der Waals surface area contributed by atoms with Gasteiger partial charge in [-0.3, -0.25) is 4.79 Å². The monoisotopic (exact) mass is 353 g/mol. The molecule has 0 bridgehead atoms. The number of methoxy groups -OCH3 is 1. The van der Waals surface area contributed by atoms with Gasteiger partial charge >= 0.3 is 0 Å². The molecule has 2 rings (SSSR count). The lowest BCUT2D eigenvalue weighted by atomic mass is 10.1. The Balaban J connectivity index is 1.96. The highest BCUT2D eigenvalue weighted by Crippen LogP contribution is 2.24. The first kappa shape index (κ1) is 17.4. The lowest BCUT2D eigenvalue weighted by molar-refractivity contribution is 0.0770. The van der Waals surface area contributed by atoms with Gasteiger partial charge in [-0.2, -0.15) is 0 Å². The van der Waals surface area contributed by atoms with E-state index in [2.05, 4.69) is 0 Å². The molecule has 0 aromatic heterocycles. The summed E-state index contributed by atoms with van der Waals surface area (Å²) in [6.45, 7) is 0.770. The summed E-state index contributed by atoms with van der Waals surface area (Å²) in [5.41, 5.74) is 0.422. The Morgan fingerprint density at radius 1 is 1.13 bits per heavy atom. The van der Waals surface area contributed by atoms with E-state index in [4.69, 9.17) is 32.7 Å². The number of ether oxygens (including phenoxy) is 2. The predicted octanol–water partition coefficient (Wildman–Crippen LogP) is 4.15. The highest BCUT2D eigenvalue weighted by Gasteiger charge is 2.17. The van der Waals surface area contributed by atoms with Gasteiger partial charge in [0.25, 0.3) is 5.91 Å². The summed E-state index contributed by atoms with van der Waals surface area (Å²) in [6, 6.07) is 12.1. The summed E-state index contributed by atoms with van der Waals surface area (Å²) in [7, 11) is 3.21. The second-order valence-corrected chi connectivity index (χ2v) is 5.75. The van der Waals surface area contributed by atoms with E-state index in [0.717, 1.165) is 0 Å². The molecule has 4 nitrogen and oxygen atoms in total. The molecular weight excluding hydrogens is 337 g/mol. The molecule has 0 aliphatic rings. The van der Waals surface area contributed by atoms with Gasteiger partial charge < -0.3 is 14.4 Å². The molecule has 122 valence electrons. The number of carbonyl (C=O) groups is 1. The zero-order chi connectivity index (χ0) is 16.8. The molecular formula is C17H17Cl2NO3. The number of hydrogen-bond donors (Lipinski definition) is 0. The van der Waals surface area contributed by atoms with Crippen molar-refractivity contribution in [2.24, 2.45) is 0 Å². The Bertz CT molecular complexity index is 691. The van der Waals surface area contributed by atoms with Crippen molar-refractivity contribution in [3.8, 4) is 11.5 Å². The van der Waals surface area contributed by atoms with Crippen LogP contribution in [-0.2, 0) is 0 Å². The highest BCUT2D eigenvalue weighted by atomic mass is 35.5. The average molecular weight is 354 g/mol. The maximum atomic E-state index is 12.5. The largest absolute Gasteiger partial charge is 0.496 e. The van der Waals surface area contributed by atoms with Crippen LogP contribution in [0.2, 0.25) is 10.0 Å². The third-order valence-electron chi connectivity index (χ3n) is 3.23. The van der Waals surface area contributed by atoms with Crippen molar-refractivity contribution in [2.75, 3.05) is 27.3 Å². The molecule has 0 aliphatic carbocycles. The zero-order valence-corrected chi connectivity index (χ0v) is 14.4. The van der Waals surface area contributed by atoms with Crippen LogP contribution >= 0.6 is 23.2 Å². The Hall–Kier alpha value is -1.91. The van der Waals surface area contributed by atoms with E-state index in [1.807, 2.05) is 12.1 Å². The van der Waals surface area contributed by atoms with E-state index < -0.39 is 0 Å². The van der Waals surface area contributed by atoms with Gasteiger partial charge in [-0.1, -0.05) is 29.3 Å². The second-order valence-electron chi connectivity index (χ2n) is 4.88. The standard InChI is InChI=1S/C17H17Cl2NO3/c1-20(8-9-23-14-5-3-4-12(18)10-14)17(21)15-11-13(19)6-7-16(15)22-2/h3-7,10-11H,8-9H2,1-2H3. The van der Waals surface area contributed by atoms with Crippen LogP contribution in [0.5, 0.6) is 11.5 Å². The van der Waals surface area contributed by atoms with Crippen LogP contribution < -0.4 is 9.47 Å². The Labute approximate surface area is 145 Å². The Morgan fingerprint density at radius 2 is 1.87 bits per heavy atom. The molecule has 0 heterocycles. The summed E-state index contributed by atoms with van der Waals surface area (Å²) in [4.78, 5) is 14.0. The third kappa shape index (κ3) is 4.78. The molecule has 1 amide bonds. The maximum Gasteiger partial charge on any atom is 0.257 e. The van der Waals surface area contributed by atoms with E-state index in [9.17, 15) is 4.79 Å². The second kappa shape index (κ2) is 8.09. The van der Waals surface area contributed by atoms with E-state index in [0.29, 0.717) is 40.3 Å². The van der Waals surface area contributed by atoms with Crippen molar-refractivity contribution in [1.82, 2.24) is 4.90 Å². The van der Waals surface area contributed by atoms with E-state index in [-0.39, 0.29) is 5.91 Å². The van der Waals surface area contributed by atoms with Crippen molar-refractivity contribution in [3.63, 3.8) is 0 Å². The van der Waals surface area contributed by atoms with Gasteiger partial charge in [0.2, 0.25) is 0 Å². The molecule has 2 aromatic carbocycles. The first-order chi connectivity index (χ1) is 11.0. The highest BCUT2D eigenvalue weighted by molar-refractivity contribution is 6.31. The molecule has 0 aliphatic heterocycles. The number of hydrogen-bond acceptors (Lipinski definition) is 3. The smallest absolute Gasteiger partial charge is 0.257 e. The molecule has 0 saturated heterocycles. The van der Waals surface area contributed by atoms with Crippen LogP contribution in [0.1, 0.15) is 10.4 Å². The molecule has 0 radical (unpaired) electrons. The minimum Gasteiger partial charge on any atom is -0.496 e. The van der Waals surface area contributed by atoms with Crippen molar-refractivity contribution < 1.29 is 14.3 Å². The number of amides is 1. The van der Waals surface area contributed by atoms with Gasteiger partial charge in [0.05, 0.1) is 19.2 Å². The van der Waals surface area contributed by atoms with Crippen molar-refractivity contribution in [3.05, 3.63) is 58.1 Å². The Morgan fingerprint density at radius 3 is 2.57 bits per heavy atom. The maximum absolute atomic E-state index is 12.5. The average Bonchev–Trinajstić information content (AvgIpc) is 2.54. The minimum atomic E-state index is -0.181. The van der Waals surface area contributed by atoms with Crippen molar-refractivity contribution >= 4 is 29.1 Å². The fourth-order valence-corrected chi connectivity index (χ4v) is 2.36. The fraction of sp³-hybridized carbons (Fsp3) is 0.235. The predicted molar refractivity (Wildman–Crippen MR) is 91.9 cm³/mol. The van der Waals surface area contributed by atoms with Crippen molar-refractivity contribution in [2.45, 2.75) is 0 Å². The molecule has 0 unspecified atom stereocenters. The van der Waals surface area contributed by atoms with E-state index in [1.165, 1.54) is 7.11 Å². The van der Waals surface area contributed by atoms with Gasteiger partial charge in [-0.25, -0.2) is 0 Å². The number of likely N-dealkylation sites (N-methyl/N-ethyl adjacent to an activating group) is 1. The molecule has 0 N–H and O–H groups in total. The lowest BCUT2D eigenvalue weighted by Crippen LogP contribution is -2.31. The summed E-state index contributed by atoms with van der Waals surface area (Å²) >= 11 is 11.9. The molecule has 0 saturated carbocycles. The van der Waals surface area contributed by atoms with Crippen molar-refractivity contribution in [1.29, 1.82) is 0 Å². The summed E-state index contributed by atoms with van der Waals surface area (Å²) in [5.74, 6) is 0.972. The number of nitrogens with zero attached hydrogens (tertiary/aromatic N) is 1. The summed E-state index contributed by atoms with van der Waals surface area (Å²) in [5, 5.41) is 1.09. The van der Waals surface area contributed by atoms with Gasteiger partial charge in [-0.05, 0) is 36.4 Å². The van der Waals surface area contributed by atoms with Gasteiger partial charge in [0.15, 0.2) is 0 Å². The number of benzene rings is 2. The molecule has 0 fully saturated rings. The number of halogens is 2. The van der Waals surface area contributed by atoms with Gasteiger partial charge in [0, 0.05) is 17.1 Å². The topological polar surface area (TPSA) is 38.8 Å². The SMILES string of the molecule is COc1ccc(Cl)cc1C(=O)N(C)CCOc1cccc(Cl)c1. The first-order valence-electron chi connectivity index (χ1n) is 6.98. The first-order valence-corrected chi connectivity index (χ1v) is 7.74. The van der Waals surface area contributed by atoms with Crippen LogP contribution in [0, 0.1) is 0 Å². The molecule has 6 heteroatoms. The summed E-state index contributed by atoms with van der Waals surface area (Å²) in [6.07, 6.45) is 0. The van der Waals surface area contributed by atoms with Gasteiger partial charge in [0.1, 0.15) is 18.1 Å². The fourth-order valence-electron chi connectivity index (χ4n) is 2.01. The minimum absolute atomic E-state index is 0.181. The lowest BCUT2D eigenvalue weighted by Gasteiger charge is -2.19. The molecule has 0 atom stereocenters. The number of rotatable bonds is 6. The van der Waals surface area contributed by atoms with Crippen LogP contribution in [0.3, 0.4) is 0 Å². The third-order valence-corrected chi connectivity index (χ3v) is 3.70. The number of carbonyl (C=O) groups excluding carboxylic acids is 1. The zero-order valence-electron chi connectivity index (χ0n) is 12.9. The quantitative estimate of drug-likeness (QED) is 0.782. The Kier molecular flexibility index (Phi) is 6.13. The van der Waals surface area contributed by atoms with Gasteiger partial charge in [-0.15, -0.1) is 0 Å². The summed E-state index contributed by atoms with van der Waals surface area (Å²) < 4.78 is 10.8. The van der Waals surface area contributed by atoms with E-state index >= 15 is 0 Å². The molecule has 2 aromatic rings. The van der Waals surface area contributed by atoms with Crippen LogP contribution in [0.15, 0.2) is 42.5 Å². The van der Waals surface area contributed by atoms with Crippen LogP contribution in [0.25, 0.3) is 0 Å². The van der Waals surface area contributed by atoms with Crippen LogP contribution in [-0.4, -0.2) is 38.1 Å². The van der Waals surface area contributed by atoms with Crippen LogP contribution in [0.4, 0.5) is 0 Å².